The number of nitrogens with zero attached hydrogens (tertiary/aromatic N) is 2. The van der Waals surface area contributed by atoms with Crippen molar-refractivity contribution in [1.29, 1.82) is 0 Å². The van der Waals surface area contributed by atoms with Crippen LogP contribution in [0.3, 0.4) is 0 Å². The van der Waals surface area contributed by atoms with Crippen LogP contribution in [0.4, 0.5) is 4.79 Å². The van der Waals surface area contributed by atoms with Gasteiger partial charge in [-0.2, -0.15) is 4.31 Å². The normalized spacial score (nSPS) is 17.1. The van der Waals surface area contributed by atoms with E-state index in [0.717, 1.165) is 22.6 Å². The molecule has 2 aliphatic heterocycles. The van der Waals surface area contributed by atoms with Crippen molar-refractivity contribution in [3.8, 4) is 0 Å². The van der Waals surface area contributed by atoms with E-state index in [1.54, 1.807) is 23.5 Å². The molecule has 9 nitrogen and oxygen atoms in total. The van der Waals surface area contributed by atoms with Gasteiger partial charge in [-0.05, 0) is 35.6 Å². The predicted molar refractivity (Wildman–Crippen MR) is 122 cm³/mol. The smallest absolute Gasteiger partial charge is 0.315 e. The first-order valence-electron chi connectivity index (χ1n) is 10.4. The van der Waals surface area contributed by atoms with Gasteiger partial charge in [0.15, 0.2) is 0 Å². The molecular formula is C20H26N4O5S3. The average molecular weight is 499 g/mol. The van der Waals surface area contributed by atoms with Crippen LogP contribution in [0.25, 0.3) is 0 Å². The van der Waals surface area contributed by atoms with Crippen LogP contribution in [0.5, 0.6) is 0 Å². The van der Waals surface area contributed by atoms with Gasteiger partial charge in [0.05, 0.1) is 19.8 Å². The van der Waals surface area contributed by atoms with Crippen molar-refractivity contribution in [3.63, 3.8) is 0 Å². The van der Waals surface area contributed by atoms with Crippen molar-refractivity contribution in [2.24, 2.45) is 0 Å². The highest BCUT2D eigenvalue weighted by molar-refractivity contribution is 7.91. The summed E-state index contributed by atoms with van der Waals surface area (Å²) in [5.41, 5.74) is 1.21. The number of carbonyl (C=O) groups excluding carboxylic acids is 2. The summed E-state index contributed by atoms with van der Waals surface area (Å²) in [6.45, 7) is 3.31. The van der Waals surface area contributed by atoms with E-state index < -0.39 is 10.0 Å². The zero-order valence-corrected chi connectivity index (χ0v) is 20.0. The molecule has 3 amide bonds. The Morgan fingerprint density at radius 2 is 1.91 bits per heavy atom. The van der Waals surface area contributed by atoms with E-state index in [0.29, 0.717) is 39.4 Å². The summed E-state index contributed by atoms with van der Waals surface area (Å²) in [6, 6.07) is 4.95. The number of hydrogen-bond donors (Lipinski definition) is 2. The van der Waals surface area contributed by atoms with Crippen LogP contribution in [-0.2, 0) is 39.1 Å². The maximum Gasteiger partial charge on any atom is 0.315 e. The summed E-state index contributed by atoms with van der Waals surface area (Å²) in [5.74, 6) is 0.0263. The fourth-order valence-corrected chi connectivity index (χ4v) is 7.39. The first kappa shape index (κ1) is 23.2. The topological polar surface area (TPSA) is 108 Å². The number of thiophene rings is 2. The van der Waals surface area contributed by atoms with Gasteiger partial charge in [-0.1, -0.05) is 0 Å². The molecule has 0 unspecified atom stereocenters. The maximum atomic E-state index is 12.7. The Morgan fingerprint density at radius 1 is 1.09 bits per heavy atom. The molecule has 12 heteroatoms. The van der Waals surface area contributed by atoms with Gasteiger partial charge in [-0.25, -0.2) is 13.2 Å². The zero-order valence-electron chi connectivity index (χ0n) is 17.5. The summed E-state index contributed by atoms with van der Waals surface area (Å²) in [4.78, 5) is 28.4. The number of ether oxygens (including phenoxy) is 1. The van der Waals surface area contributed by atoms with Crippen molar-refractivity contribution >= 4 is 44.6 Å². The minimum Gasteiger partial charge on any atom is -0.379 e. The summed E-state index contributed by atoms with van der Waals surface area (Å²) in [5, 5.41) is 7.46. The second-order valence-corrected chi connectivity index (χ2v) is 11.9. The summed E-state index contributed by atoms with van der Waals surface area (Å²) >= 11 is 2.88. The summed E-state index contributed by atoms with van der Waals surface area (Å²) < 4.78 is 32.2. The van der Waals surface area contributed by atoms with Crippen LogP contribution < -0.4 is 10.6 Å². The lowest BCUT2D eigenvalue weighted by atomic mass is 10.1. The Balaban J connectivity index is 1.18. The zero-order chi connectivity index (χ0) is 22.6. The molecule has 0 saturated carbocycles. The molecular weight excluding hydrogens is 472 g/mol. The molecule has 1 saturated heterocycles. The molecule has 0 spiro atoms. The van der Waals surface area contributed by atoms with Crippen molar-refractivity contribution in [3.05, 3.63) is 38.9 Å². The first-order chi connectivity index (χ1) is 15.4. The van der Waals surface area contributed by atoms with Crippen LogP contribution in [0, 0.1) is 0 Å². The lowest BCUT2D eigenvalue weighted by molar-refractivity contribution is -0.131. The van der Waals surface area contributed by atoms with Crippen molar-refractivity contribution in [1.82, 2.24) is 19.8 Å². The second-order valence-electron chi connectivity index (χ2n) is 7.53. The van der Waals surface area contributed by atoms with Gasteiger partial charge >= 0.3 is 6.03 Å². The lowest BCUT2D eigenvalue weighted by Crippen LogP contribution is -2.40. The highest BCUT2D eigenvalue weighted by Crippen LogP contribution is 2.26. The van der Waals surface area contributed by atoms with E-state index >= 15 is 0 Å². The van der Waals surface area contributed by atoms with E-state index in [1.165, 1.54) is 14.7 Å². The fourth-order valence-electron chi connectivity index (χ4n) is 3.64. The Labute approximate surface area is 195 Å². The molecule has 2 aliphatic rings. The largest absolute Gasteiger partial charge is 0.379 e. The maximum absolute atomic E-state index is 12.7. The molecule has 0 aromatic carbocycles. The van der Waals surface area contributed by atoms with Gasteiger partial charge in [0.1, 0.15) is 4.21 Å². The Hall–Kier alpha value is -1.99. The minimum absolute atomic E-state index is 0.0263. The summed E-state index contributed by atoms with van der Waals surface area (Å²) in [6.07, 6.45) is 1.13. The van der Waals surface area contributed by atoms with E-state index in [1.807, 2.05) is 4.90 Å². The van der Waals surface area contributed by atoms with Crippen molar-refractivity contribution in [2.75, 3.05) is 39.4 Å². The third-order valence-corrected chi connectivity index (χ3v) is 9.88. The van der Waals surface area contributed by atoms with Crippen LogP contribution >= 0.6 is 22.7 Å². The number of sulfonamides is 1. The molecule has 0 bridgehead atoms. The number of urea groups is 1. The number of fused-ring (bicyclic) bond motifs is 1. The molecule has 0 atom stereocenters. The van der Waals surface area contributed by atoms with Crippen LogP contribution in [0.15, 0.2) is 27.8 Å². The molecule has 2 N–H and O–H groups in total. The van der Waals surface area contributed by atoms with Gasteiger partial charge < -0.3 is 20.3 Å². The van der Waals surface area contributed by atoms with E-state index in [9.17, 15) is 18.0 Å². The molecule has 32 heavy (non-hydrogen) atoms. The molecule has 2 aromatic rings. The first-order valence-corrected chi connectivity index (χ1v) is 13.6. The molecule has 174 valence electrons. The lowest BCUT2D eigenvalue weighted by Gasteiger charge is -2.27. The average Bonchev–Trinajstić information content (AvgIpc) is 3.47. The molecule has 1 fully saturated rings. The number of amides is 3. The Morgan fingerprint density at radius 3 is 2.72 bits per heavy atom. The third-order valence-electron chi connectivity index (χ3n) is 5.41. The Bertz CT molecular complexity index is 1060. The number of hydrogen-bond acceptors (Lipinski definition) is 7. The standard InChI is InChI=1S/C20H26N4O5S3/c25-18(23-7-4-17-15(14-23)5-12-30-17)3-6-21-20(26)22-13-16-1-2-19(31-16)32(27,28)24-8-10-29-11-9-24/h1-2,5,12H,3-4,6-11,13-14H2,(H2,21,22,26). The summed E-state index contributed by atoms with van der Waals surface area (Å²) in [7, 11) is -3.53. The van der Waals surface area contributed by atoms with Crippen molar-refractivity contribution in [2.45, 2.75) is 30.1 Å². The molecule has 0 aliphatic carbocycles. The highest BCUT2D eigenvalue weighted by atomic mass is 32.2. The van der Waals surface area contributed by atoms with Gasteiger partial charge in [0.25, 0.3) is 10.0 Å². The van der Waals surface area contributed by atoms with Crippen LogP contribution in [0.1, 0.15) is 21.7 Å². The van der Waals surface area contributed by atoms with Gasteiger partial charge in [-0.15, -0.1) is 22.7 Å². The van der Waals surface area contributed by atoms with Crippen LogP contribution in [0.2, 0.25) is 0 Å². The number of morpholine rings is 1. The van der Waals surface area contributed by atoms with Gasteiger partial charge in [-0.3, -0.25) is 4.79 Å². The predicted octanol–water partition coefficient (Wildman–Crippen LogP) is 1.60. The molecule has 0 radical (unpaired) electrons. The van der Waals surface area contributed by atoms with Crippen molar-refractivity contribution < 1.29 is 22.7 Å². The van der Waals surface area contributed by atoms with Gasteiger partial charge in [0, 0.05) is 48.9 Å². The fraction of sp³-hybridized carbons (Fsp3) is 0.500. The SMILES string of the molecule is O=C(NCCC(=O)N1CCc2sccc2C1)NCc1ccc(S(=O)(=O)N2CCOCC2)s1. The minimum atomic E-state index is -3.53. The number of carbonyl (C=O) groups is 2. The molecule has 4 rings (SSSR count). The number of rotatable bonds is 7. The highest BCUT2D eigenvalue weighted by Gasteiger charge is 2.27. The number of nitrogens with one attached hydrogen (secondary N) is 2. The van der Waals surface area contributed by atoms with E-state index in [2.05, 4.69) is 22.1 Å². The van der Waals surface area contributed by atoms with E-state index in [4.69, 9.17) is 4.74 Å². The molecule has 4 heterocycles. The van der Waals surface area contributed by atoms with Crippen LogP contribution in [-0.4, -0.2) is 69.0 Å². The Kier molecular flexibility index (Phi) is 7.46. The molecule has 2 aromatic heterocycles. The monoisotopic (exact) mass is 498 g/mol. The third kappa shape index (κ3) is 5.49. The van der Waals surface area contributed by atoms with E-state index in [-0.39, 0.29) is 35.7 Å². The second kappa shape index (κ2) is 10.3. The van der Waals surface area contributed by atoms with Gasteiger partial charge in [0.2, 0.25) is 5.91 Å². The quantitative estimate of drug-likeness (QED) is 0.603.